The Labute approximate surface area is 300 Å². The molecule has 1 heterocycles. The van der Waals surface area contributed by atoms with E-state index in [0.717, 1.165) is 10.8 Å². The first-order chi connectivity index (χ1) is 24.5. The number of pyridine rings is 1. The van der Waals surface area contributed by atoms with Gasteiger partial charge in [-0.05, 0) is 107 Å². The molecule has 1 N–H and O–H groups in total. The highest BCUT2D eigenvalue weighted by Crippen LogP contribution is 2.35. The Kier molecular flexibility index (Phi) is 15.0. The van der Waals surface area contributed by atoms with Crippen molar-refractivity contribution in [3.63, 3.8) is 0 Å². The number of allylic oxidation sites excluding steroid dienone is 2. The van der Waals surface area contributed by atoms with E-state index in [4.69, 9.17) is 4.74 Å². The van der Waals surface area contributed by atoms with Crippen LogP contribution in [0.5, 0.6) is 0 Å². The van der Waals surface area contributed by atoms with Gasteiger partial charge in [-0.25, -0.2) is 13.2 Å². The standard InChI is InChI=1S/C39H45F6N3O4/c1-7-10-11-12-14-25-18-28(40)20-31(41)36(25)27-17-24(4)37(42)29(19-27)32(22-35(50)52-9-3)46-38(51)33(13-8-2)48-23-26(15-16-47(5)6)30(21-34(48)49)39(43,44)45/h7-8,17-21,23,32-33H,1-2,9-16,22H2,3-6H3,(H,46,51)/t32-,33-/m0/s1. The van der Waals surface area contributed by atoms with Crippen molar-refractivity contribution in [2.45, 2.75) is 77.1 Å². The molecule has 3 rings (SSSR count). The number of likely N-dealkylation sites (N-methyl/N-ethyl adjacent to an activating group) is 1. The maximum absolute atomic E-state index is 16.0. The van der Waals surface area contributed by atoms with Crippen LogP contribution in [0.4, 0.5) is 26.3 Å². The molecule has 3 aromatic rings. The van der Waals surface area contributed by atoms with Gasteiger partial charge in [0.05, 0.1) is 24.6 Å². The van der Waals surface area contributed by atoms with E-state index in [2.05, 4.69) is 18.5 Å². The number of ether oxygens (including phenoxy) is 1. The number of carbonyl (C=O) groups excluding carboxylic acids is 2. The first kappa shape index (κ1) is 41.8. The average Bonchev–Trinajstić information content (AvgIpc) is 3.05. The van der Waals surface area contributed by atoms with Gasteiger partial charge >= 0.3 is 12.1 Å². The summed E-state index contributed by atoms with van der Waals surface area (Å²) < 4.78 is 93.7. The van der Waals surface area contributed by atoms with Gasteiger partial charge in [-0.3, -0.25) is 14.4 Å². The summed E-state index contributed by atoms with van der Waals surface area (Å²) in [6, 6.07) is 2.12. The van der Waals surface area contributed by atoms with Crippen LogP contribution in [0, 0.1) is 24.4 Å². The lowest BCUT2D eigenvalue weighted by Gasteiger charge is -2.26. The quantitative estimate of drug-likeness (QED) is 0.0618. The number of halogens is 6. The second-order valence-electron chi connectivity index (χ2n) is 12.8. The van der Waals surface area contributed by atoms with Gasteiger partial charge in [0.2, 0.25) is 5.91 Å². The van der Waals surface area contributed by atoms with E-state index in [1.165, 1.54) is 31.2 Å². The molecule has 0 aliphatic rings. The molecule has 0 aliphatic heterocycles. The summed E-state index contributed by atoms with van der Waals surface area (Å²) in [6.07, 6.45) is 0.590. The largest absolute Gasteiger partial charge is 0.466 e. The van der Waals surface area contributed by atoms with Gasteiger partial charge in [-0.2, -0.15) is 13.2 Å². The van der Waals surface area contributed by atoms with Crippen molar-refractivity contribution in [1.82, 2.24) is 14.8 Å². The first-order valence-corrected chi connectivity index (χ1v) is 16.9. The van der Waals surface area contributed by atoms with Crippen LogP contribution in [-0.4, -0.2) is 48.6 Å². The zero-order valence-corrected chi connectivity index (χ0v) is 29.8. The Hall–Kier alpha value is -4.65. The van der Waals surface area contributed by atoms with Crippen LogP contribution in [0.1, 0.15) is 78.9 Å². The van der Waals surface area contributed by atoms with Gasteiger partial charge < -0.3 is 19.5 Å². The fourth-order valence-corrected chi connectivity index (χ4v) is 5.99. The molecule has 52 heavy (non-hydrogen) atoms. The number of carbonyl (C=O) groups is 2. The highest BCUT2D eigenvalue weighted by atomic mass is 19.4. The number of esters is 1. The number of hydrogen-bond donors (Lipinski definition) is 1. The summed E-state index contributed by atoms with van der Waals surface area (Å²) >= 11 is 0. The lowest BCUT2D eigenvalue weighted by molar-refractivity contribution is -0.144. The predicted molar refractivity (Wildman–Crippen MR) is 188 cm³/mol. The van der Waals surface area contributed by atoms with Gasteiger partial charge in [0, 0.05) is 36.0 Å². The van der Waals surface area contributed by atoms with Crippen LogP contribution in [0.2, 0.25) is 0 Å². The Morgan fingerprint density at radius 1 is 1.00 bits per heavy atom. The minimum absolute atomic E-state index is 0.0247. The molecule has 7 nitrogen and oxygen atoms in total. The number of amides is 1. The summed E-state index contributed by atoms with van der Waals surface area (Å²) in [6.45, 7) is 10.5. The van der Waals surface area contributed by atoms with Crippen LogP contribution in [0.3, 0.4) is 0 Å². The molecule has 282 valence electrons. The summed E-state index contributed by atoms with van der Waals surface area (Å²) in [5, 5.41) is 2.60. The molecule has 2 atom stereocenters. The second-order valence-corrected chi connectivity index (χ2v) is 12.8. The highest BCUT2D eigenvalue weighted by molar-refractivity contribution is 5.82. The lowest BCUT2D eigenvalue weighted by Crippen LogP contribution is -2.40. The van der Waals surface area contributed by atoms with Crippen LogP contribution in [0.25, 0.3) is 11.1 Å². The van der Waals surface area contributed by atoms with Crippen molar-refractivity contribution < 1.29 is 40.7 Å². The number of aromatic nitrogens is 1. The third-order valence-electron chi connectivity index (χ3n) is 8.51. The van der Waals surface area contributed by atoms with Gasteiger partial charge in [0.15, 0.2) is 0 Å². The Balaban J connectivity index is 2.17. The van der Waals surface area contributed by atoms with Crippen LogP contribution in [0.15, 0.2) is 66.6 Å². The minimum Gasteiger partial charge on any atom is -0.466 e. The van der Waals surface area contributed by atoms with Crippen molar-refractivity contribution in [3.05, 3.63) is 117 Å². The smallest absolute Gasteiger partial charge is 0.416 e. The Bertz CT molecular complexity index is 1820. The Morgan fingerprint density at radius 2 is 1.71 bits per heavy atom. The van der Waals surface area contributed by atoms with Crippen LogP contribution in [-0.2, 0) is 33.3 Å². The number of aryl methyl sites for hydroxylation is 2. The number of unbranched alkanes of at least 4 members (excludes halogenated alkanes) is 2. The van der Waals surface area contributed by atoms with Gasteiger partial charge in [-0.15, -0.1) is 13.2 Å². The number of hydrogen-bond acceptors (Lipinski definition) is 5. The highest BCUT2D eigenvalue weighted by Gasteiger charge is 2.36. The van der Waals surface area contributed by atoms with Crippen molar-refractivity contribution in [3.8, 4) is 11.1 Å². The van der Waals surface area contributed by atoms with E-state index in [0.29, 0.717) is 43.4 Å². The number of rotatable bonds is 18. The summed E-state index contributed by atoms with van der Waals surface area (Å²) in [5.41, 5.74) is -2.12. The monoisotopic (exact) mass is 733 g/mol. The molecular weight excluding hydrogens is 688 g/mol. The van der Waals surface area contributed by atoms with E-state index in [-0.39, 0.29) is 53.8 Å². The molecule has 0 spiro atoms. The van der Waals surface area contributed by atoms with Crippen molar-refractivity contribution >= 4 is 11.9 Å². The maximum atomic E-state index is 16.0. The van der Waals surface area contributed by atoms with E-state index >= 15 is 8.78 Å². The summed E-state index contributed by atoms with van der Waals surface area (Å²) in [5.74, 6) is -4.24. The minimum atomic E-state index is -4.84. The number of benzene rings is 2. The van der Waals surface area contributed by atoms with Crippen LogP contribution >= 0.6 is 0 Å². The van der Waals surface area contributed by atoms with E-state index in [1.54, 1.807) is 32.0 Å². The molecule has 0 aliphatic carbocycles. The summed E-state index contributed by atoms with van der Waals surface area (Å²) in [4.78, 5) is 41.6. The number of alkyl halides is 3. The maximum Gasteiger partial charge on any atom is 0.416 e. The molecule has 2 aromatic carbocycles. The predicted octanol–water partition coefficient (Wildman–Crippen LogP) is 8.19. The molecule has 0 unspecified atom stereocenters. The Morgan fingerprint density at radius 3 is 2.33 bits per heavy atom. The molecule has 1 aromatic heterocycles. The zero-order valence-electron chi connectivity index (χ0n) is 29.8. The lowest BCUT2D eigenvalue weighted by atomic mass is 9.90. The fraction of sp³-hybridized carbons (Fsp3) is 0.410. The normalized spacial score (nSPS) is 12.8. The molecule has 0 saturated heterocycles. The van der Waals surface area contributed by atoms with Crippen molar-refractivity contribution in [1.29, 1.82) is 0 Å². The van der Waals surface area contributed by atoms with Crippen LogP contribution < -0.4 is 10.9 Å². The van der Waals surface area contributed by atoms with Crippen molar-refractivity contribution in [2.75, 3.05) is 27.2 Å². The fourth-order valence-electron chi connectivity index (χ4n) is 5.99. The van der Waals surface area contributed by atoms with Gasteiger partial charge in [0.1, 0.15) is 23.5 Å². The average molecular weight is 734 g/mol. The van der Waals surface area contributed by atoms with E-state index in [9.17, 15) is 31.9 Å². The SMILES string of the molecule is C=CCCCCc1cc(F)cc(F)c1-c1cc(C)c(F)c([C@H](CC(=O)OCC)NC(=O)[C@H](CC=C)n2cc(CCN(C)C)c(C(F)(F)F)cc2=O)c1. The molecule has 13 heteroatoms. The van der Waals surface area contributed by atoms with Gasteiger partial charge in [0.25, 0.3) is 5.56 Å². The second kappa shape index (κ2) is 18.7. The molecular formula is C39H45F6N3O4. The van der Waals surface area contributed by atoms with Crippen molar-refractivity contribution in [2.24, 2.45) is 0 Å². The molecule has 0 saturated carbocycles. The van der Waals surface area contributed by atoms with E-state index in [1.807, 2.05) is 0 Å². The number of nitrogens with zero attached hydrogens (tertiary/aromatic N) is 2. The van der Waals surface area contributed by atoms with Gasteiger partial charge in [-0.1, -0.05) is 12.2 Å². The number of nitrogens with one attached hydrogen (secondary N) is 1. The summed E-state index contributed by atoms with van der Waals surface area (Å²) in [7, 11) is 3.35. The zero-order chi connectivity index (χ0) is 38.7. The van der Waals surface area contributed by atoms with E-state index < -0.39 is 65.1 Å². The molecule has 0 radical (unpaired) electrons. The molecule has 0 fully saturated rings. The third-order valence-corrected chi connectivity index (χ3v) is 8.51. The first-order valence-electron chi connectivity index (χ1n) is 16.9. The topological polar surface area (TPSA) is 80.6 Å². The molecule has 0 bridgehead atoms. The molecule has 1 amide bonds. The third kappa shape index (κ3) is 10.9.